The number of thioether (sulfide) groups is 1. The first-order valence-electron chi connectivity index (χ1n) is 9.07. The summed E-state index contributed by atoms with van der Waals surface area (Å²) in [4.78, 5) is 23.6. The predicted octanol–water partition coefficient (Wildman–Crippen LogP) is 3.58. The van der Waals surface area contributed by atoms with Crippen molar-refractivity contribution < 1.29 is 19.1 Å². The van der Waals surface area contributed by atoms with Gasteiger partial charge in [-0.25, -0.2) is 5.01 Å². The van der Waals surface area contributed by atoms with Crippen LogP contribution in [0.2, 0.25) is 0 Å². The highest BCUT2D eigenvalue weighted by atomic mass is 32.2. The fraction of sp³-hybridized carbons (Fsp3) is 0.286. The number of ether oxygens (including phenoxy) is 2. The molecular formula is C21H23N3O4S. The van der Waals surface area contributed by atoms with E-state index in [1.165, 1.54) is 30.6 Å². The predicted molar refractivity (Wildman–Crippen MR) is 113 cm³/mol. The van der Waals surface area contributed by atoms with E-state index < -0.39 is 5.37 Å². The Morgan fingerprint density at radius 2 is 1.97 bits per heavy atom. The zero-order valence-electron chi connectivity index (χ0n) is 16.8. The number of rotatable bonds is 5. The summed E-state index contributed by atoms with van der Waals surface area (Å²) in [6, 6.07) is 13.5. The fourth-order valence-corrected chi connectivity index (χ4v) is 4.03. The lowest BCUT2D eigenvalue weighted by Gasteiger charge is -2.22. The third-order valence-electron chi connectivity index (χ3n) is 4.38. The standard InChI is InChI=1S/C21H23N3O4S/c1-13-7-5-6-8-16(13)12-28-19-10-9-17(27-4)11-18(19)20-24(15(3)26)23-21(29-20)22-14(2)25/h5-11,20H,12H2,1-4H3,(H,22,23,25)/t20-/m1/s1. The van der Waals surface area contributed by atoms with Crippen molar-refractivity contribution in [2.45, 2.75) is 32.8 Å². The Balaban J connectivity index is 1.91. The molecule has 1 heterocycles. The van der Waals surface area contributed by atoms with Crippen LogP contribution in [0.3, 0.4) is 0 Å². The first-order valence-corrected chi connectivity index (χ1v) is 9.95. The van der Waals surface area contributed by atoms with Crippen LogP contribution in [-0.2, 0) is 16.2 Å². The number of amidine groups is 1. The van der Waals surface area contributed by atoms with Gasteiger partial charge in [0.15, 0.2) is 5.17 Å². The van der Waals surface area contributed by atoms with Gasteiger partial charge in [-0.05, 0) is 36.2 Å². The van der Waals surface area contributed by atoms with Crippen molar-refractivity contribution in [3.05, 3.63) is 59.2 Å². The van der Waals surface area contributed by atoms with Gasteiger partial charge >= 0.3 is 0 Å². The molecule has 8 heteroatoms. The lowest BCUT2D eigenvalue weighted by Crippen LogP contribution is -2.25. The Morgan fingerprint density at radius 1 is 1.21 bits per heavy atom. The fourth-order valence-electron chi connectivity index (χ4n) is 2.87. The zero-order chi connectivity index (χ0) is 21.0. The average molecular weight is 413 g/mol. The van der Waals surface area contributed by atoms with Gasteiger partial charge in [0.1, 0.15) is 23.5 Å². The zero-order valence-corrected chi connectivity index (χ0v) is 17.6. The number of hydrogen-bond acceptors (Lipinski definition) is 6. The van der Waals surface area contributed by atoms with Crippen molar-refractivity contribution in [3.63, 3.8) is 0 Å². The topological polar surface area (TPSA) is 80.2 Å². The Bertz CT molecular complexity index is 961. The van der Waals surface area contributed by atoms with Crippen molar-refractivity contribution in [2.24, 2.45) is 5.10 Å². The number of hydrazone groups is 1. The first-order chi connectivity index (χ1) is 13.9. The maximum absolute atomic E-state index is 12.2. The molecule has 0 unspecified atom stereocenters. The largest absolute Gasteiger partial charge is 0.497 e. The molecule has 0 saturated heterocycles. The monoisotopic (exact) mass is 413 g/mol. The third kappa shape index (κ3) is 4.89. The van der Waals surface area contributed by atoms with Crippen LogP contribution in [0.5, 0.6) is 11.5 Å². The summed E-state index contributed by atoms with van der Waals surface area (Å²) >= 11 is 1.27. The Hall–Kier alpha value is -3.00. The molecule has 0 saturated carbocycles. The van der Waals surface area contributed by atoms with Crippen LogP contribution in [0.25, 0.3) is 0 Å². The number of amides is 2. The van der Waals surface area contributed by atoms with Gasteiger partial charge in [0.2, 0.25) is 11.8 Å². The summed E-state index contributed by atoms with van der Waals surface area (Å²) in [5.74, 6) is 0.773. The molecule has 0 aromatic heterocycles. The highest BCUT2D eigenvalue weighted by Gasteiger charge is 2.34. The molecule has 0 spiro atoms. The second-order valence-corrected chi connectivity index (χ2v) is 7.61. The number of hydrogen-bond donors (Lipinski definition) is 1. The van der Waals surface area contributed by atoms with E-state index >= 15 is 0 Å². The molecule has 0 aliphatic carbocycles. The maximum atomic E-state index is 12.2. The molecule has 0 radical (unpaired) electrons. The van der Waals surface area contributed by atoms with E-state index in [9.17, 15) is 9.59 Å². The highest BCUT2D eigenvalue weighted by Crippen LogP contribution is 2.44. The van der Waals surface area contributed by atoms with Gasteiger partial charge in [-0.3, -0.25) is 9.59 Å². The third-order valence-corrected chi connectivity index (χ3v) is 5.46. The quantitative estimate of drug-likeness (QED) is 0.810. The minimum absolute atomic E-state index is 0.240. The second kappa shape index (κ2) is 9.00. The van der Waals surface area contributed by atoms with E-state index in [0.29, 0.717) is 23.3 Å². The minimum atomic E-state index is -0.476. The molecule has 29 heavy (non-hydrogen) atoms. The van der Waals surface area contributed by atoms with Crippen molar-refractivity contribution in [3.8, 4) is 11.5 Å². The van der Waals surface area contributed by atoms with Gasteiger partial charge in [0.05, 0.1) is 7.11 Å². The number of nitrogens with zero attached hydrogens (tertiary/aromatic N) is 2. The summed E-state index contributed by atoms with van der Waals surface area (Å²) in [7, 11) is 1.58. The Kier molecular flexibility index (Phi) is 6.43. The van der Waals surface area contributed by atoms with E-state index in [4.69, 9.17) is 9.47 Å². The van der Waals surface area contributed by atoms with E-state index in [2.05, 4.69) is 10.4 Å². The lowest BCUT2D eigenvalue weighted by molar-refractivity contribution is -0.129. The molecule has 2 amide bonds. The molecule has 2 aromatic rings. The number of nitrogens with one attached hydrogen (secondary N) is 1. The smallest absolute Gasteiger partial charge is 0.241 e. The van der Waals surface area contributed by atoms with Crippen molar-refractivity contribution in [1.82, 2.24) is 10.3 Å². The summed E-state index contributed by atoms with van der Waals surface area (Å²) in [6.45, 7) is 5.26. The number of carbonyl (C=O) groups is 2. The second-order valence-electron chi connectivity index (χ2n) is 6.54. The Labute approximate surface area is 174 Å². The molecule has 1 aliphatic rings. The van der Waals surface area contributed by atoms with Crippen LogP contribution < -0.4 is 14.8 Å². The highest BCUT2D eigenvalue weighted by molar-refractivity contribution is 8.14. The SMILES string of the molecule is COc1ccc(OCc2ccccc2C)c([C@H]2SC(NC(C)=O)=NN2C(C)=O)c1. The number of methoxy groups -OCH3 is 1. The van der Waals surface area contributed by atoms with Gasteiger partial charge in [-0.2, -0.15) is 0 Å². The molecule has 0 bridgehead atoms. The van der Waals surface area contributed by atoms with Gasteiger partial charge in [0, 0.05) is 19.4 Å². The van der Waals surface area contributed by atoms with Crippen LogP contribution >= 0.6 is 11.8 Å². The van der Waals surface area contributed by atoms with E-state index in [1.54, 1.807) is 7.11 Å². The van der Waals surface area contributed by atoms with Gasteiger partial charge in [0.25, 0.3) is 0 Å². The van der Waals surface area contributed by atoms with Crippen LogP contribution in [0.1, 0.15) is 35.9 Å². The average Bonchev–Trinajstić information content (AvgIpc) is 3.10. The van der Waals surface area contributed by atoms with E-state index in [-0.39, 0.29) is 11.8 Å². The Morgan fingerprint density at radius 3 is 2.62 bits per heavy atom. The number of carbonyl (C=O) groups excluding carboxylic acids is 2. The molecule has 1 N–H and O–H groups in total. The summed E-state index contributed by atoms with van der Waals surface area (Å²) in [6.07, 6.45) is 0. The van der Waals surface area contributed by atoms with Crippen molar-refractivity contribution >= 4 is 28.7 Å². The van der Waals surface area contributed by atoms with Gasteiger partial charge < -0.3 is 14.8 Å². The van der Waals surface area contributed by atoms with Crippen LogP contribution in [-0.4, -0.2) is 29.1 Å². The van der Waals surface area contributed by atoms with E-state index in [0.717, 1.165) is 16.7 Å². The number of aryl methyl sites for hydroxylation is 1. The molecule has 1 aliphatic heterocycles. The molecule has 2 aromatic carbocycles. The van der Waals surface area contributed by atoms with Crippen LogP contribution in [0.4, 0.5) is 0 Å². The van der Waals surface area contributed by atoms with Crippen molar-refractivity contribution in [2.75, 3.05) is 7.11 Å². The van der Waals surface area contributed by atoms with Crippen LogP contribution in [0, 0.1) is 6.92 Å². The van der Waals surface area contributed by atoms with E-state index in [1.807, 2.05) is 49.4 Å². The molecule has 152 valence electrons. The molecular weight excluding hydrogens is 390 g/mol. The van der Waals surface area contributed by atoms with Gasteiger partial charge in [-0.15, -0.1) is 5.10 Å². The molecule has 1 atom stereocenters. The van der Waals surface area contributed by atoms with Crippen LogP contribution in [0.15, 0.2) is 47.6 Å². The first kappa shape index (κ1) is 20.7. The molecule has 3 rings (SSSR count). The molecule has 7 nitrogen and oxygen atoms in total. The van der Waals surface area contributed by atoms with Crippen molar-refractivity contribution in [1.29, 1.82) is 0 Å². The summed E-state index contributed by atoms with van der Waals surface area (Å²) in [5.41, 5.74) is 2.95. The molecule has 0 fully saturated rings. The minimum Gasteiger partial charge on any atom is -0.497 e. The summed E-state index contributed by atoms with van der Waals surface area (Å²) < 4.78 is 11.5. The van der Waals surface area contributed by atoms with Gasteiger partial charge in [-0.1, -0.05) is 36.0 Å². The maximum Gasteiger partial charge on any atom is 0.241 e. The lowest BCUT2D eigenvalue weighted by atomic mass is 10.1. The summed E-state index contributed by atoms with van der Waals surface area (Å²) in [5, 5.41) is 8.13. The number of benzene rings is 2. The normalized spacial score (nSPS) is 15.7.